The van der Waals surface area contributed by atoms with Crippen molar-refractivity contribution in [2.45, 2.75) is 65.7 Å². The SMILES string of the molecule is CCCCC(C)(CC)C1C(=O)CCCC1=O. The van der Waals surface area contributed by atoms with E-state index >= 15 is 0 Å². The highest BCUT2D eigenvalue weighted by atomic mass is 16.2. The third-order valence-corrected chi connectivity index (χ3v) is 4.10. The second kappa shape index (κ2) is 5.60. The Hall–Kier alpha value is -0.660. The lowest BCUT2D eigenvalue weighted by atomic mass is 9.65. The van der Waals surface area contributed by atoms with Crippen LogP contribution in [0.15, 0.2) is 0 Å². The van der Waals surface area contributed by atoms with Gasteiger partial charge < -0.3 is 0 Å². The molecule has 1 rings (SSSR count). The van der Waals surface area contributed by atoms with E-state index in [0.29, 0.717) is 12.8 Å². The number of hydrogen-bond acceptors (Lipinski definition) is 2. The summed E-state index contributed by atoms with van der Waals surface area (Å²) in [6, 6.07) is 0. The van der Waals surface area contributed by atoms with Crippen LogP contribution in [-0.4, -0.2) is 11.6 Å². The molecule has 2 heteroatoms. The second-order valence-electron chi connectivity index (χ2n) is 5.33. The third kappa shape index (κ3) is 2.72. The van der Waals surface area contributed by atoms with Gasteiger partial charge in [0, 0.05) is 12.8 Å². The van der Waals surface area contributed by atoms with Crippen LogP contribution in [0.5, 0.6) is 0 Å². The fourth-order valence-electron chi connectivity index (χ4n) is 2.79. The molecule has 1 unspecified atom stereocenters. The normalized spacial score (nSPS) is 22.2. The van der Waals surface area contributed by atoms with Crippen molar-refractivity contribution in [3.05, 3.63) is 0 Å². The van der Waals surface area contributed by atoms with Gasteiger partial charge in [-0.1, -0.05) is 33.6 Å². The molecule has 1 aliphatic rings. The highest BCUT2D eigenvalue weighted by Crippen LogP contribution is 2.41. The minimum absolute atomic E-state index is 0.0927. The zero-order chi connectivity index (χ0) is 12.2. The average Bonchev–Trinajstić information content (AvgIpc) is 2.26. The van der Waals surface area contributed by atoms with Crippen molar-refractivity contribution >= 4 is 11.6 Å². The highest BCUT2D eigenvalue weighted by molar-refractivity contribution is 6.05. The molecule has 1 aliphatic carbocycles. The topological polar surface area (TPSA) is 34.1 Å². The summed E-state index contributed by atoms with van der Waals surface area (Å²) in [7, 11) is 0. The molecular weight excluding hydrogens is 200 g/mol. The van der Waals surface area contributed by atoms with Gasteiger partial charge in [0.05, 0.1) is 5.92 Å². The van der Waals surface area contributed by atoms with Gasteiger partial charge in [0.15, 0.2) is 0 Å². The molecule has 92 valence electrons. The number of ketones is 2. The fourth-order valence-corrected chi connectivity index (χ4v) is 2.79. The van der Waals surface area contributed by atoms with Crippen molar-refractivity contribution in [1.29, 1.82) is 0 Å². The Morgan fingerprint density at radius 3 is 2.19 bits per heavy atom. The summed E-state index contributed by atoms with van der Waals surface area (Å²) < 4.78 is 0. The van der Waals surface area contributed by atoms with E-state index in [1.54, 1.807) is 0 Å². The second-order valence-corrected chi connectivity index (χ2v) is 5.33. The van der Waals surface area contributed by atoms with Crippen LogP contribution in [0.4, 0.5) is 0 Å². The molecule has 0 radical (unpaired) electrons. The smallest absolute Gasteiger partial charge is 0.143 e. The van der Waals surface area contributed by atoms with Crippen molar-refractivity contribution in [2.24, 2.45) is 11.3 Å². The number of rotatable bonds is 5. The summed E-state index contributed by atoms with van der Waals surface area (Å²) >= 11 is 0. The van der Waals surface area contributed by atoms with Gasteiger partial charge in [-0.05, 0) is 24.7 Å². The molecule has 2 nitrogen and oxygen atoms in total. The molecule has 0 aliphatic heterocycles. The predicted molar refractivity (Wildman–Crippen MR) is 65.3 cm³/mol. The fraction of sp³-hybridized carbons (Fsp3) is 0.857. The number of unbranched alkanes of at least 4 members (excludes halogenated alkanes) is 1. The van der Waals surface area contributed by atoms with Crippen LogP contribution in [0.2, 0.25) is 0 Å². The monoisotopic (exact) mass is 224 g/mol. The van der Waals surface area contributed by atoms with E-state index in [-0.39, 0.29) is 22.9 Å². The maximum atomic E-state index is 12.0. The van der Waals surface area contributed by atoms with Gasteiger partial charge in [-0.25, -0.2) is 0 Å². The number of carbonyl (C=O) groups excluding carboxylic acids is 2. The van der Waals surface area contributed by atoms with Crippen LogP contribution in [0.25, 0.3) is 0 Å². The first-order chi connectivity index (χ1) is 7.55. The molecule has 0 aromatic rings. The zero-order valence-corrected chi connectivity index (χ0v) is 10.8. The summed E-state index contributed by atoms with van der Waals surface area (Å²) in [5, 5.41) is 0. The van der Waals surface area contributed by atoms with Gasteiger partial charge in [-0.15, -0.1) is 0 Å². The van der Waals surface area contributed by atoms with E-state index in [0.717, 1.165) is 32.1 Å². The Kier molecular flexibility index (Phi) is 4.69. The Labute approximate surface area is 98.8 Å². The Morgan fingerprint density at radius 2 is 1.75 bits per heavy atom. The summed E-state index contributed by atoms with van der Waals surface area (Å²) in [4.78, 5) is 23.9. The van der Waals surface area contributed by atoms with E-state index in [1.807, 2.05) is 0 Å². The van der Waals surface area contributed by atoms with Gasteiger partial charge in [-0.2, -0.15) is 0 Å². The Bertz CT molecular complexity index is 254. The first kappa shape index (κ1) is 13.4. The number of carbonyl (C=O) groups is 2. The predicted octanol–water partition coefficient (Wildman–Crippen LogP) is 3.53. The van der Waals surface area contributed by atoms with Crippen LogP contribution in [0, 0.1) is 11.3 Å². The average molecular weight is 224 g/mol. The lowest BCUT2D eigenvalue weighted by Gasteiger charge is -2.37. The maximum Gasteiger partial charge on any atom is 0.143 e. The molecule has 0 aromatic carbocycles. The molecule has 0 N–H and O–H groups in total. The minimum atomic E-state index is -0.308. The highest BCUT2D eigenvalue weighted by Gasteiger charge is 2.42. The maximum absolute atomic E-state index is 12.0. The molecular formula is C14H24O2. The molecule has 0 spiro atoms. The lowest BCUT2D eigenvalue weighted by Crippen LogP contribution is -2.41. The molecule has 0 bridgehead atoms. The molecule has 1 saturated carbocycles. The largest absolute Gasteiger partial charge is 0.299 e. The zero-order valence-electron chi connectivity index (χ0n) is 10.8. The van der Waals surface area contributed by atoms with Gasteiger partial charge in [0.2, 0.25) is 0 Å². The molecule has 1 fully saturated rings. The molecule has 0 amide bonds. The van der Waals surface area contributed by atoms with Crippen LogP contribution < -0.4 is 0 Å². The third-order valence-electron chi connectivity index (χ3n) is 4.10. The van der Waals surface area contributed by atoms with Crippen molar-refractivity contribution in [2.75, 3.05) is 0 Å². The van der Waals surface area contributed by atoms with Crippen LogP contribution in [0.3, 0.4) is 0 Å². The van der Waals surface area contributed by atoms with Gasteiger partial charge in [-0.3, -0.25) is 9.59 Å². The van der Waals surface area contributed by atoms with Gasteiger partial charge in [0.1, 0.15) is 11.6 Å². The van der Waals surface area contributed by atoms with Crippen molar-refractivity contribution in [1.82, 2.24) is 0 Å². The van der Waals surface area contributed by atoms with Crippen LogP contribution >= 0.6 is 0 Å². The van der Waals surface area contributed by atoms with E-state index in [4.69, 9.17) is 0 Å². The van der Waals surface area contributed by atoms with Crippen molar-refractivity contribution in [3.8, 4) is 0 Å². The summed E-state index contributed by atoms with van der Waals surface area (Å²) in [5.41, 5.74) is -0.0927. The Balaban J connectivity index is 2.83. The molecule has 1 atom stereocenters. The summed E-state index contributed by atoms with van der Waals surface area (Å²) in [5.74, 6) is 0.0752. The molecule has 0 saturated heterocycles. The molecule has 0 aromatic heterocycles. The quantitative estimate of drug-likeness (QED) is 0.669. The van der Waals surface area contributed by atoms with Gasteiger partial charge >= 0.3 is 0 Å². The first-order valence-electron chi connectivity index (χ1n) is 6.60. The Morgan fingerprint density at radius 1 is 1.19 bits per heavy atom. The van der Waals surface area contributed by atoms with Crippen molar-refractivity contribution in [3.63, 3.8) is 0 Å². The van der Waals surface area contributed by atoms with Gasteiger partial charge in [0.25, 0.3) is 0 Å². The first-order valence-corrected chi connectivity index (χ1v) is 6.60. The number of Topliss-reactive ketones (excluding diaryl/α,β-unsaturated/α-hetero) is 2. The van der Waals surface area contributed by atoms with E-state index in [1.165, 1.54) is 0 Å². The van der Waals surface area contributed by atoms with Crippen molar-refractivity contribution < 1.29 is 9.59 Å². The van der Waals surface area contributed by atoms with E-state index in [2.05, 4.69) is 20.8 Å². The van der Waals surface area contributed by atoms with E-state index in [9.17, 15) is 9.59 Å². The lowest BCUT2D eigenvalue weighted by molar-refractivity contribution is -0.141. The minimum Gasteiger partial charge on any atom is -0.299 e. The van der Waals surface area contributed by atoms with E-state index < -0.39 is 0 Å². The summed E-state index contributed by atoms with van der Waals surface area (Å²) in [6.45, 7) is 6.37. The molecule has 0 heterocycles. The van der Waals surface area contributed by atoms with Crippen LogP contribution in [-0.2, 0) is 9.59 Å². The number of hydrogen-bond donors (Lipinski definition) is 0. The standard InChI is InChI=1S/C14H24O2/c1-4-6-10-14(3,5-2)13-11(15)8-7-9-12(13)16/h13H,4-10H2,1-3H3. The van der Waals surface area contributed by atoms with Crippen LogP contribution in [0.1, 0.15) is 65.7 Å². The summed E-state index contributed by atoms with van der Waals surface area (Å²) in [6.07, 6.45) is 6.15. The molecule has 16 heavy (non-hydrogen) atoms.